The fourth-order valence-corrected chi connectivity index (χ4v) is 6.59. The SMILES string of the molecule is CCCCCCCCCCCCCCCCC=CN(C=CCCCCCCCCCCCCCCCC)C(=O)c1ccc(OC)c(OC)c1. The molecule has 0 aliphatic rings. The average molecular weight is 682 g/mol. The van der Waals surface area contributed by atoms with Gasteiger partial charge in [0.1, 0.15) is 0 Å². The molecule has 282 valence electrons. The van der Waals surface area contributed by atoms with Gasteiger partial charge in [-0.3, -0.25) is 9.69 Å². The molecule has 0 saturated heterocycles. The molecule has 0 bridgehead atoms. The first-order valence-electron chi connectivity index (χ1n) is 21.1. The van der Waals surface area contributed by atoms with Crippen molar-refractivity contribution >= 4 is 5.91 Å². The summed E-state index contributed by atoms with van der Waals surface area (Å²) >= 11 is 0. The second-order valence-electron chi connectivity index (χ2n) is 14.3. The number of nitrogens with zero attached hydrogens (tertiary/aromatic N) is 1. The highest BCUT2D eigenvalue weighted by molar-refractivity contribution is 5.96. The minimum atomic E-state index is -0.0460. The van der Waals surface area contributed by atoms with Crippen molar-refractivity contribution in [2.45, 2.75) is 206 Å². The Balaban J connectivity index is 2.34. The van der Waals surface area contributed by atoms with Gasteiger partial charge in [-0.05, 0) is 43.9 Å². The summed E-state index contributed by atoms with van der Waals surface area (Å²) in [4.78, 5) is 15.3. The van der Waals surface area contributed by atoms with E-state index in [1.165, 1.54) is 180 Å². The van der Waals surface area contributed by atoms with E-state index in [1.54, 1.807) is 31.3 Å². The predicted molar refractivity (Wildman–Crippen MR) is 214 cm³/mol. The van der Waals surface area contributed by atoms with Gasteiger partial charge in [0.2, 0.25) is 0 Å². The van der Waals surface area contributed by atoms with Gasteiger partial charge in [0.15, 0.2) is 11.5 Å². The third kappa shape index (κ3) is 25.4. The van der Waals surface area contributed by atoms with Gasteiger partial charge in [-0.2, -0.15) is 0 Å². The number of carbonyl (C=O) groups excluding carboxylic acids is 1. The van der Waals surface area contributed by atoms with E-state index in [0.717, 1.165) is 12.8 Å². The molecule has 0 fully saturated rings. The Morgan fingerprint density at radius 1 is 0.490 bits per heavy atom. The number of hydrogen-bond acceptors (Lipinski definition) is 3. The van der Waals surface area contributed by atoms with Crippen LogP contribution < -0.4 is 9.47 Å². The number of ether oxygens (including phenoxy) is 2. The monoisotopic (exact) mass is 682 g/mol. The van der Waals surface area contributed by atoms with Gasteiger partial charge in [-0.15, -0.1) is 0 Å². The number of benzene rings is 1. The summed E-state index contributed by atoms with van der Waals surface area (Å²) in [6.45, 7) is 4.58. The average Bonchev–Trinajstić information content (AvgIpc) is 3.12. The Morgan fingerprint density at radius 2 is 0.816 bits per heavy atom. The van der Waals surface area contributed by atoms with Crippen molar-refractivity contribution in [3.05, 3.63) is 48.3 Å². The molecule has 4 heteroatoms. The fourth-order valence-electron chi connectivity index (χ4n) is 6.59. The molecule has 0 saturated carbocycles. The van der Waals surface area contributed by atoms with E-state index < -0.39 is 0 Å². The number of amides is 1. The van der Waals surface area contributed by atoms with Crippen LogP contribution in [0.15, 0.2) is 42.8 Å². The Hall–Kier alpha value is -2.23. The van der Waals surface area contributed by atoms with E-state index in [1.807, 2.05) is 18.5 Å². The number of allylic oxidation sites excluding steroid dienone is 2. The molecule has 1 aromatic rings. The highest BCUT2D eigenvalue weighted by atomic mass is 16.5. The maximum atomic E-state index is 13.5. The van der Waals surface area contributed by atoms with Crippen molar-refractivity contribution in [1.82, 2.24) is 4.90 Å². The van der Waals surface area contributed by atoms with Crippen LogP contribution in [0, 0.1) is 0 Å². The maximum Gasteiger partial charge on any atom is 0.261 e. The van der Waals surface area contributed by atoms with Crippen molar-refractivity contribution in [3.63, 3.8) is 0 Å². The van der Waals surface area contributed by atoms with Crippen LogP contribution in [0.1, 0.15) is 217 Å². The molecule has 0 aliphatic heterocycles. The number of hydrogen-bond donors (Lipinski definition) is 0. The minimum absolute atomic E-state index is 0.0460. The lowest BCUT2D eigenvalue weighted by molar-refractivity contribution is 0.0868. The third-order valence-corrected chi connectivity index (χ3v) is 9.85. The normalized spacial score (nSPS) is 11.6. The van der Waals surface area contributed by atoms with E-state index in [0.29, 0.717) is 17.1 Å². The molecule has 4 nitrogen and oxygen atoms in total. The summed E-state index contributed by atoms with van der Waals surface area (Å²) in [6.07, 6.45) is 48.6. The molecule has 0 atom stereocenters. The molecule has 1 aromatic carbocycles. The first-order valence-corrected chi connectivity index (χ1v) is 21.1. The molecule has 0 unspecified atom stereocenters. The van der Waals surface area contributed by atoms with E-state index >= 15 is 0 Å². The van der Waals surface area contributed by atoms with Gasteiger partial charge >= 0.3 is 0 Å². The van der Waals surface area contributed by atoms with Crippen molar-refractivity contribution in [2.75, 3.05) is 14.2 Å². The molecule has 49 heavy (non-hydrogen) atoms. The van der Waals surface area contributed by atoms with E-state index in [4.69, 9.17) is 9.47 Å². The summed E-state index contributed by atoms with van der Waals surface area (Å²) in [5.41, 5.74) is 0.597. The van der Waals surface area contributed by atoms with Crippen molar-refractivity contribution < 1.29 is 14.3 Å². The van der Waals surface area contributed by atoms with Gasteiger partial charge in [-0.25, -0.2) is 0 Å². The lowest BCUT2D eigenvalue weighted by Crippen LogP contribution is -2.20. The Kier molecular flexibility index (Phi) is 31.3. The number of rotatable bonds is 35. The summed E-state index contributed by atoms with van der Waals surface area (Å²) < 4.78 is 10.8. The molecule has 0 aliphatic carbocycles. The van der Waals surface area contributed by atoms with Crippen LogP contribution in [-0.2, 0) is 0 Å². The lowest BCUT2D eigenvalue weighted by Gasteiger charge is -2.15. The number of unbranched alkanes of at least 4 members (excludes halogenated alkanes) is 28. The van der Waals surface area contributed by atoms with Crippen molar-refractivity contribution in [2.24, 2.45) is 0 Å². The Bertz CT molecular complexity index is 897. The molecule has 0 spiro atoms. The molecular formula is C45H79NO3. The smallest absolute Gasteiger partial charge is 0.261 e. The van der Waals surface area contributed by atoms with Crippen LogP contribution in [0.4, 0.5) is 0 Å². The van der Waals surface area contributed by atoms with Crippen molar-refractivity contribution in [3.8, 4) is 11.5 Å². The first kappa shape index (κ1) is 44.8. The molecule has 0 radical (unpaired) electrons. The Labute approximate surface area is 304 Å². The van der Waals surface area contributed by atoms with Crippen molar-refractivity contribution in [1.29, 1.82) is 0 Å². The van der Waals surface area contributed by atoms with Gasteiger partial charge in [0, 0.05) is 18.0 Å². The summed E-state index contributed by atoms with van der Waals surface area (Å²) in [6, 6.07) is 5.40. The summed E-state index contributed by atoms with van der Waals surface area (Å²) in [5.74, 6) is 1.16. The summed E-state index contributed by atoms with van der Waals surface area (Å²) in [5, 5.41) is 0. The fraction of sp³-hybridized carbons (Fsp3) is 0.756. The quantitative estimate of drug-likeness (QED) is 0.0669. The first-order chi connectivity index (χ1) is 24.2. The maximum absolute atomic E-state index is 13.5. The number of carbonyl (C=O) groups is 1. The van der Waals surface area contributed by atoms with Crippen LogP contribution in [0.3, 0.4) is 0 Å². The molecule has 1 rings (SSSR count). The highest BCUT2D eigenvalue weighted by Crippen LogP contribution is 2.28. The van der Waals surface area contributed by atoms with Crippen LogP contribution in [0.2, 0.25) is 0 Å². The van der Waals surface area contributed by atoms with Gasteiger partial charge in [0.25, 0.3) is 5.91 Å². The van der Waals surface area contributed by atoms with Gasteiger partial charge < -0.3 is 9.47 Å². The largest absolute Gasteiger partial charge is 0.493 e. The third-order valence-electron chi connectivity index (χ3n) is 9.85. The van der Waals surface area contributed by atoms with E-state index in [-0.39, 0.29) is 5.91 Å². The zero-order valence-corrected chi connectivity index (χ0v) is 32.9. The van der Waals surface area contributed by atoms with E-state index in [2.05, 4.69) is 26.0 Å². The van der Waals surface area contributed by atoms with Crippen LogP contribution in [-0.4, -0.2) is 25.0 Å². The van der Waals surface area contributed by atoms with Crippen LogP contribution in [0.25, 0.3) is 0 Å². The summed E-state index contributed by atoms with van der Waals surface area (Å²) in [7, 11) is 3.22. The molecule has 1 amide bonds. The predicted octanol–water partition coefficient (Wildman–Crippen LogP) is 14.9. The standard InChI is InChI=1S/C45H79NO3/c1-5-7-9-11-13-15-17-19-21-23-25-27-29-31-33-35-39-46(45(47)42-37-38-43(48-3)44(41-42)49-4)40-36-34-32-30-28-26-24-22-20-18-16-14-12-10-8-6-2/h35-41H,5-34H2,1-4H3. The zero-order chi connectivity index (χ0) is 35.5. The lowest BCUT2D eigenvalue weighted by atomic mass is 10.0. The molecule has 0 aromatic heterocycles. The highest BCUT2D eigenvalue weighted by Gasteiger charge is 2.14. The van der Waals surface area contributed by atoms with E-state index in [9.17, 15) is 4.79 Å². The van der Waals surface area contributed by atoms with Crippen LogP contribution >= 0.6 is 0 Å². The zero-order valence-electron chi connectivity index (χ0n) is 32.9. The molecule has 0 heterocycles. The van der Waals surface area contributed by atoms with Gasteiger partial charge in [0.05, 0.1) is 14.2 Å². The topological polar surface area (TPSA) is 38.8 Å². The second-order valence-corrected chi connectivity index (χ2v) is 14.3. The molecule has 0 N–H and O–H groups in total. The Morgan fingerprint density at radius 3 is 1.14 bits per heavy atom. The molecular weight excluding hydrogens is 602 g/mol. The minimum Gasteiger partial charge on any atom is -0.493 e. The second kappa shape index (κ2) is 34.2. The number of methoxy groups -OCH3 is 2. The van der Waals surface area contributed by atoms with Gasteiger partial charge in [-0.1, -0.05) is 193 Å². The van der Waals surface area contributed by atoms with Crippen LogP contribution in [0.5, 0.6) is 11.5 Å².